The number of benzene rings is 1. The fraction of sp³-hybridized carbons (Fsp3) is 0.250. The van der Waals surface area contributed by atoms with Gasteiger partial charge >= 0.3 is 0 Å². The molecule has 23 heavy (non-hydrogen) atoms. The molecule has 2 aromatic rings. The second kappa shape index (κ2) is 11.2. The number of nitrogens with zero attached hydrogens (tertiary/aromatic N) is 2. The lowest BCUT2D eigenvalue weighted by Crippen LogP contribution is -2.39. The van der Waals surface area contributed by atoms with E-state index in [1.54, 1.807) is 13.2 Å². The van der Waals surface area contributed by atoms with Crippen LogP contribution in [0.25, 0.3) is 0 Å². The van der Waals surface area contributed by atoms with Crippen LogP contribution < -0.4 is 15.4 Å². The zero-order valence-corrected chi connectivity index (χ0v) is 16.7. The molecule has 1 aromatic heterocycles. The van der Waals surface area contributed by atoms with E-state index >= 15 is 0 Å². The van der Waals surface area contributed by atoms with Crippen molar-refractivity contribution in [2.24, 2.45) is 4.99 Å². The number of guanidine groups is 1. The minimum atomic E-state index is 0. The summed E-state index contributed by atoms with van der Waals surface area (Å²) in [4.78, 5) is 8.42. The predicted octanol–water partition coefficient (Wildman–Crippen LogP) is 3.21. The molecule has 0 amide bonds. The van der Waals surface area contributed by atoms with E-state index in [0.717, 1.165) is 21.9 Å². The number of rotatable bonds is 6. The van der Waals surface area contributed by atoms with E-state index in [0.29, 0.717) is 19.7 Å². The van der Waals surface area contributed by atoms with Crippen molar-refractivity contribution in [1.82, 2.24) is 15.6 Å². The molecule has 7 heteroatoms. The average molecular weight is 491 g/mol. The van der Waals surface area contributed by atoms with Crippen molar-refractivity contribution in [1.29, 1.82) is 0 Å². The van der Waals surface area contributed by atoms with Gasteiger partial charge in [-0.25, -0.2) is 0 Å². The molecule has 0 fully saturated rings. The van der Waals surface area contributed by atoms with Crippen LogP contribution in [0.3, 0.4) is 0 Å². The van der Waals surface area contributed by atoms with Gasteiger partial charge in [0.15, 0.2) is 5.96 Å². The van der Waals surface area contributed by atoms with Crippen LogP contribution in [0.2, 0.25) is 0 Å². The van der Waals surface area contributed by atoms with E-state index in [9.17, 15) is 0 Å². The van der Waals surface area contributed by atoms with E-state index in [2.05, 4.69) is 36.5 Å². The van der Waals surface area contributed by atoms with Crippen molar-refractivity contribution >= 4 is 45.9 Å². The quantitative estimate of drug-likeness (QED) is 0.282. The zero-order chi connectivity index (χ0) is 15.6. The molecule has 0 bridgehead atoms. The minimum absolute atomic E-state index is 0. The Morgan fingerprint density at radius 3 is 2.78 bits per heavy atom. The first-order valence-corrected chi connectivity index (χ1v) is 7.80. The van der Waals surface area contributed by atoms with Crippen LogP contribution in [0.4, 0.5) is 0 Å². The Bertz CT molecular complexity index is 610. The van der Waals surface area contributed by atoms with Crippen LogP contribution in [0, 0.1) is 0 Å². The van der Waals surface area contributed by atoms with Crippen LogP contribution in [-0.2, 0) is 6.54 Å². The van der Waals surface area contributed by atoms with E-state index in [1.165, 1.54) is 0 Å². The van der Waals surface area contributed by atoms with E-state index in [-0.39, 0.29) is 24.0 Å². The topological polar surface area (TPSA) is 58.5 Å². The summed E-state index contributed by atoms with van der Waals surface area (Å²) in [6.07, 6.45) is 1.78. The molecule has 1 aromatic carbocycles. The smallest absolute Gasteiger partial charge is 0.191 e. The number of nitrogens with one attached hydrogen (secondary N) is 2. The van der Waals surface area contributed by atoms with Crippen molar-refractivity contribution in [2.75, 3.05) is 20.2 Å². The zero-order valence-electron chi connectivity index (χ0n) is 12.8. The van der Waals surface area contributed by atoms with Crippen molar-refractivity contribution < 1.29 is 4.74 Å². The lowest BCUT2D eigenvalue weighted by atomic mass is 10.3. The molecular formula is C16H20BrIN4O. The third-order valence-corrected chi connectivity index (χ3v) is 3.34. The molecule has 2 N–H and O–H groups in total. The summed E-state index contributed by atoms with van der Waals surface area (Å²) in [7, 11) is 1.74. The molecule has 1 heterocycles. The number of ether oxygens (including phenoxy) is 1. The van der Waals surface area contributed by atoms with Gasteiger partial charge in [0.05, 0.1) is 18.8 Å². The largest absolute Gasteiger partial charge is 0.492 e. The van der Waals surface area contributed by atoms with Crippen molar-refractivity contribution in [2.45, 2.75) is 6.54 Å². The summed E-state index contributed by atoms with van der Waals surface area (Å²) in [5.41, 5.74) is 0.968. The van der Waals surface area contributed by atoms with Crippen LogP contribution in [0.5, 0.6) is 5.75 Å². The van der Waals surface area contributed by atoms with Gasteiger partial charge < -0.3 is 15.4 Å². The highest BCUT2D eigenvalue weighted by Gasteiger charge is 1.99. The fourth-order valence-corrected chi connectivity index (χ4v) is 2.17. The first-order valence-electron chi connectivity index (χ1n) is 7.01. The standard InChI is InChI=1S/C16H19BrN4O.HI/c1-18-16(21-12-14-6-2-3-8-19-14)20-9-10-22-15-7-4-5-13(17)11-15;/h2-8,11H,9-10,12H2,1H3,(H2,18,20,21);1H. The second-order valence-electron chi connectivity index (χ2n) is 4.48. The molecule has 0 spiro atoms. The van der Waals surface area contributed by atoms with Gasteiger partial charge in [0.1, 0.15) is 12.4 Å². The molecule has 0 unspecified atom stereocenters. The molecule has 0 saturated carbocycles. The van der Waals surface area contributed by atoms with Crippen molar-refractivity contribution in [3.63, 3.8) is 0 Å². The third-order valence-electron chi connectivity index (χ3n) is 2.85. The number of pyridine rings is 1. The second-order valence-corrected chi connectivity index (χ2v) is 5.40. The lowest BCUT2D eigenvalue weighted by molar-refractivity contribution is 0.321. The summed E-state index contributed by atoms with van der Waals surface area (Å²) >= 11 is 3.42. The van der Waals surface area contributed by atoms with Crippen LogP contribution in [0.15, 0.2) is 58.1 Å². The predicted molar refractivity (Wildman–Crippen MR) is 107 cm³/mol. The number of hydrogen-bond donors (Lipinski definition) is 2. The highest BCUT2D eigenvalue weighted by Crippen LogP contribution is 2.17. The SMILES string of the molecule is CN=C(NCCOc1cccc(Br)c1)NCc1ccccn1.I. The summed E-state index contributed by atoms with van der Waals surface area (Å²) in [5.74, 6) is 1.57. The van der Waals surface area contributed by atoms with E-state index in [4.69, 9.17) is 4.74 Å². The maximum Gasteiger partial charge on any atom is 0.191 e. The van der Waals surface area contributed by atoms with Gasteiger partial charge in [-0.1, -0.05) is 28.1 Å². The van der Waals surface area contributed by atoms with Gasteiger partial charge in [-0.15, -0.1) is 24.0 Å². The maximum atomic E-state index is 5.66. The van der Waals surface area contributed by atoms with Gasteiger partial charge in [0.25, 0.3) is 0 Å². The van der Waals surface area contributed by atoms with Gasteiger partial charge in [-0.3, -0.25) is 9.98 Å². The molecular weight excluding hydrogens is 471 g/mol. The first kappa shape index (κ1) is 19.7. The third kappa shape index (κ3) is 7.65. The molecule has 0 aliphatic carbocycles. The first-order chi connectivity index (χ1) is 10.8. The highest BCUT2D eigenvalue weighted by molar-refractivity contribution is 14.0. The fourth-order valence-electron chi connectivity index (χ4n) is 1.79. The summed E-state index contributed by atoms with van der Waals surface area (Å²) < 4.78 is 6.66. The summed E-state index contributed by atoms with van der Waals surface area (Å²) in [5, 5.41) is 6.41. The Labute approximate surface area is 162 Å². The molecule has 0 aliphatic rings. The molecule has 0 radical (unpaired) electrons. The van der Waals surface area contributed by atoms with Crippen LogP contribution >= 0.6 is 39.9 Å². The molecule has 5 nitrogen and oxygen atoms in total. The van der Waals surface area contributed by atoms with Crippen molar-refractivity contribution in [3.8, 4) is 5.75 Å². The van der Waals surface area contributed by atoms with Gasteiger partial charge in [0.2, 0.25) is 0 Å². The molecule has 0 atom stereocenters. The van der Waals surface area contributed by atoms with Crippen molar-refractivity contribution in [3.05, 3.63) is 58.8 Å². The van der Waals surface area contributed by atoms with Gasteiger partial charge in [-0.05, 0) is 30.3 Å². The Balaban J connectivity index is 0.00000264. The number of hydrogen-bond acceptors (Lipinski definition) is 3. The number of aliphatic imine (C=N–C) groups is 1. The lowest BCUT2D eigenvalue weighted by Gasteiger charge is -2.12. The molecule has 124 valence electrons. The van der Waals surface area contributed by atoms with E-state index < -0.39 is 0 Å². The maximum absolute atomic E-state index is 5.66. The van der Waals surface area contributed by atoms with Crippen LogP contribution in [-0.4, -0.2) is 31.1 Å². The Morgan fingerprint density at radius 1 is 1.22 bits per heavy atom. The summed E-state index contributed by atoms with van der Waals surface area (Å²) in [6, 6.07) is 13.6. The number of aromatic nitrogens is 1. The molecule has 2 rings (SSSR count). The average Bonchev–Trinajstić information content (AvgIpc) is 2.55. The normalized spacial score (nSPS) is 10.6. The van der Waals surface area contributed by atoms with Crippen LogP contribution in [0.1, 0.15) is 5.69 Å². The van der Waals surface area contributed by atoms with Gasteiger partial charge in [0, 0.05) is 17.7 Å². The van der Waals surface area contributed by atoms with Gasteiger partial charge in [-0.2, -0.15) is 0 Å². The number of halogens is 2. The molecule has 0 saturated heterocycles. The summed E-state index contributed by atoms with van der Waals surface area (Å²) in [6.45, 7) is 1.85. The highest BCUT2D eigenvalue weighted by atomic mass is 127. The van der Waals surface area contributed by atoms with E-state index in [1.807, 2.05) is 42.5 Å². The Hall–Kier alpha value is -1.35. The Morgan fingerprint density at radius 2 is 2.09 bits per heavy atom. The Kier molecular flexibility index (Phi) is 9.61. The minimum Gasteiger partial charge on any atom is -0.492 e. The monoisotopic (exact) mass is 490 g/mol. The molecule has 0 aliphatic heterocycles.